The molecule has 7 nitrogen and oxygen atoms in total. The lowest BCUT2D eigenvalue weighted by Gasteiger charge is -2.07. The van der Waals surface area contributed by atoms with Crippen LogP contribution in [0.3, 0.4) is 0 Å². The Bertz CT molecular complexity index is 1150. The summed E-state index contributed by atoms with van der Waals surface area (Å²) in [7, 11) is -2.02. The number of thiazole rings is 1. The van der Waals surface area contributed by atoms with E-state index in [1.165, 1.54) is 35.6 Å². The average molecular weight is 445 g/mol. The molecule has 0 unspecified atom stereocenters. The molecule has 1 aliphatic rings. The fraction of sp³-hybridized carbons (Fsp3) is 0.238. The van der Waals surface area contributed by atoms with E-state index in [4.69, 9.17) is 9.47 Å². The number of rotatable bonds is 8. The van der Waals surface area contributed by atoms with Gasteiger partial charge in [-0.05, 0) is 55.3 Å². The standard InChI is InChI=1S/C21H20N2O5S2/c1-27-18-9-5-14(6-10-18)20-22-17(13-29-20)12-28-21(24)15-3-2-4-19(11-15)30(25,26)23-16-7-8-16/h2-6,9-11,13,16,23H,7-8,12H2,1H3. The second-order valence-electron chi connectivity index (χ2n) is 6.87. The van der Waals surface area contributed by atoms with E-state index in [1.807, 2.05) is 29.6 Å². The van der Waals surface area contributed by atoms with Gasteiger partial charge in [-0.25, -0.2) is 22.9 Å². The van der Waals surface area contributed by atoms with E-state index in [9.17, 15) is 13.2 Å². The largest absolute Gasteiger partial charge is 0.497 e. The van der Waals surface area contributed by atoms with Crippen LogP contribution in [0.25, 0.3) is 10.6 Å². The molecule has 156 valence electrons. The Labute approximate surface area is 178 Å². The Balaban J connectivity index is 1.40. The number of nitrogens with zero attached hydrogens (tertiary/aromatic N) is 1. The number of hydrogen-bond donors (Lipinski definition) is 1. The molecule has 0 bridgehead atoms. The van der Waals surface area contributed by atoms with Crippen LogP contribution in [0, 0.1) is 0 Å². The molecule has 0 spiro atoms. The number of methoxy groups -OCH3 is 1. The third kappa shape index (κ3) is 4.86. The van der Waals surface area contributed by atoms with Gasteiger partial charge in [-0.1, -0.05) is 6.07 Å². The Morgan fingerprint density at radius 1 is 1.20 bits per heavy atom. The summed E-state index contributed by atoms with van der Waals surface area (Å²) in [4.78, 5) is 17.0. The summed E-state index contributed by atoms with van der Waals surface area (Å²) in [6, 6.07) is 13.4. The fourth-order valence-electron chi connectivity index (χ4n) is 2.74. The second-order valence-corrected chi connectivity index (χ2v) is 9.44. The topological polar surface area (TPSA) is 94.6 Å². The van der Waals surface area contributed by atoms with Crippen LogP contribution in [0.1, 0.15) is 28.9 Å². The van der Waals surface area contributed by atoms with Crippen molar-refractivity contribution in [2.45, 2.75) is 30.4 Å². The molecule has 9 heteroatoms. The average Bonchev–Trinajstić information content (AvgIpc) is 3.44. The summed E-state index contributed by atoms with van der Waals surface area (Å²) >= 11 is 1.45. The van der Waals surface area contributed by atoms with Crippen LogP contribution < -0.4 is 9.46 Å². The highest BCUT2D eigenvalue weighted by Crippen LogP contribution is 2.26. The van der Waals surface area contributed by atoms with Crippen molar-refractivity contribution >= 4 is 27.3 Å². The fourth-order valence-corrected chi connectivity index (χ4v) is 4.90. The minimum atomic E-state index is -3.63. The molecule has 2 aromatic carbocycles. The highest BCUT2D eigenvalue weighted by Gasteiger charge is 2.28. The Kier molecular flexibility index (Phi) is 5.85. The zero-order chi connectivity index (χ0) is 21.1. The molecule has 1 fully saturated rings. The van der Waals surface area contributed by atoms with Crippen LogP contribution >= 0.6 is 11.3 Å². The Morgan fingerprint density at radius 2 is 1.97 bits per heavy atom. The predicted octanol–water partition coefficient (Wildman–Crippen LogP) is 3.62. The molecule has 0 saturated heterocycles. The van der Waals surface area contributed by atoms with Crippen molar-refractivity contribution in [1.29, 1.82) is 0 Å². The molecule has 1 aliphatic carbocycles. The van der Waals surface area contributed by atoms with E-state index in [-0.39, 0.29) is 23.1 Å². The summed E-state index contributed by atoms with van der Waals surface area (Å²) in [6.45, 7) is 0.00277. The molecule has 0 aliphatic heterocycles. The first-order valence-electron chi connectivity index (χ1n) is 9.33. The zero-order valence-corrected chi connectivity index (χ0v) is 17.8. The second kappa shape index (κ2) is 8.55. The van der Waals surface area contributed by atoms with Gasteiger partial charge in [0.05, 0.1) is 23.3 Å². The van der Waals surface area contributed by atoms with Gasteiger partial charge in [0.25, 0.3) is 0 Å². The van der Waals surface area contributed by atoms with E-state index in [2.05, 4.69) is 9.71 Å². The first-order valence-corrected chi connectivity index (χ1v) is 11.7. The molecule has 1 aromatic heterocycles. The molecule has 0 radical (unpaired) electrons. The van der Waals surface area contributed by atoms with Crippen LogP contribution in [-0.2, 0) is 21.4 Å². The van der Waals surface area contributed by atoms with E-state index in [1.54, 1.807) is 7.11 Å². The summed E-state index contributed by atoms with van der Waals surface area (Å²) in [5.74, 6) is 0.165. The first kappa shape index (κ1) is 20.5. The highest BCUT2D eigenvalue weighted by atomic mass is 32.2. The van der Waals surface area contributed by atoms with Crippen LogP contribution in [-0.4, -0.2) is 32.5 Å². The van der Waals surface area contributed by atoms with Crippen molar-refractivity contribution in [3.63, 3.8) is 0 Å². The molecule has 30 heavy (non-hydrogen) atoms. The third-order valence-electron chi connectivity index (χ3n) is 4.52. The minimum absolute atomic E-state index is 0.00277. The quantitative estimate of drug-likeness (QED) is 0.534. The molecule has 0 amide bonds. The van der Waals surface area contributed by atoms with Crippen molar-refractivity contribution in [1.82, 2.24) is 9.71 Å². The number of ether oxygens (including phenoxy) is 2. The zero-order valence-electron chi connectivity index (χ0n) is 16.2. The number of carbonyl (C=O) groups is 1. The minimum Gasteiger partial charge on any atom is -0.497 e. The van der Waals surface area contributed by atoms with Crippen LogP contribution in [0.2, 0.25) is 0 Å². The van der Waals surface area contributed by atoms with Crippen molar-refractivity contribution in [2.75, 3.05) is 7.11 Å². The molecule has 4 rings (SSSR count). The van der Waals surface area contributed by atoms with Gasteiger partial charge in [0, 0.05) is 17.0 Å². The van der Waals surface area contributed by atoms with Gasteiger partial charge >= 0.3 is 5.97 Å². The lowest BCUT2D eigenvalue weighted by atomic mass is 10.2. The van der Waals surface area contributed by atoms with E-state index >= 15 is 0 Å². The maximum absolute atomic E-state index is 12.4. The molecule has 0 atom stereocenters. The van der Waals surface area contributed by atoms with Gasteiger partial charge in [-0.15, -0.1) is 11.3 Å². The third-order valence-corrected chi connectivity index (χ3v) is 6.98. The lowest BCUT2D eigenvalue weighted by molar-refractivity contribution is 0.0468. The van der Waals surface area contributed by atoms with Gasteiger partial charge in [-0.2, -0.15) is 0 Å². The van der Waals surface area contributed by atoms with Gasteiger partial charge in [0.1, 0.15) is 17.4 Å². The van der Waals surface area contributed by atoms with E-state index < -0.39 is 16.0 Å². The van der Waals surface area contributed by atoms with Gasteiger partial charge in [0.2, 0.25) is 10.0 Å². The predicted molar refractivity (Wildman–Crippen MR) is 113 cm³/mol. The monoisotopic (exact) mass is 444 g/mol. The van der Waals surface area contributed by atoms with Gasteiger partial charge in [0.15, 0.2) is 0 Å². The highest BCUT2D eigenvalue weighted by molar-refractivity contribution is 7.89. The number of carbonyl (C=O) groups excluding carboxylic acids is 1. The van der Waals surface area contributed by atoms with Gasteiger partial charge in [-0.3, -0.25) is 0 Å². The van der Waals surface area contributed by atoms with E-state index in [0.717, 1.165) is 29.2 Å². The van der Waals surface area contributed by atoms with Crippen molar-refractivity contribution in [3.8, 4) is 16.3 Å². The first-order chi connectivity index (χ1) is 14.4. The molecular formula is C21H20N2O5S2. The Hall–Kier alpha value is -2.75. The maximum Gasteiger partial charge on any atom is 0.338 e. The Morgan fingerprint density at radius 3 is 2.67 bits per heavy atom. The summed E-state index contributed by atoms with van der Waals surface area (Å²) in [6.07, 6.45) is 1.68. The van der Waals surface area contributed by atoms with E-state index in [0.29, 0.717) is 5.69 Å². The van der Waals surface area contributed by atoms with Gasteiger partial charge < -0.3 is 9.47 Å². The number of esters is 1. The van der Waals surface area contributed by atoms with Crippen LogP contribution in [0.4, 0.5) is 0 Å². The number of benzene rings is 2. The summed E-state index contributed by atoms with van der Waals surface area (Å²) in [5.41, 5.74) is 1.75. The molecular weight excluding hydrogens is 424 g/mol. The smallest absolute Gasteiger partial charge is 0.338 e. The lowest BCUT2D eigenvalue weighted by Crippen LogP contribution is -2.25. The summed E-state index contributed by atoms with van der Waals surface area (Å²) < 4.78 is 37.8. The summed E-state index contributed by atoms with van der Waals surface area (Å²) in [5, 5.41) is 2.63. The van der Waals surface area contributed by atoms with Crippen LogP contribution in [0.5, 0.6) is 5.75 Å². The van der Waals surface area contributed by atoms with Crippen molar-refractivity contribution < 1.29 is 22.7 Å². The molecule has 3 aromatic rings. The molecule has 1 saturated carbocycles. The number of nitrogens with one attached hydrogen (secondary N) is 1. The number of aromatic nitrogens is 1. The molecule has 1 N–H and O–H groups in total. The molecule has 1 heterocycles. The normalized spacial score (nSPS) is 13.8. The number of hydrogen-bond acceptors (Lipinski definition) is 7. The van der Waals surface area contributed by atoms with Crippen molar-refractivity contribution in [2.24, 2.45) is 0 Å². The van der Waals surface area contributed by atoms with Crippen molar-refractivity contribution in [3.05, 3.63) is 65.2 Å². The maximum atomic E-state index is 12.4. The van der Waals surface area contributed by atoms with Crippen LogP contribution in [0.15, 0.2) is 58.8 Å². The SMILES string of the molecule is COc1ccc(-c2nc(COC(=O)c3cccc(S(=O)(=O)NC4CC4)c3)cs2)cc1. The number of sulfonamides is 1.